The maximum absolute atomic E-state index is 12.4. The van der Waals surface area contributed by atoms with Crippen LogP contribution in [0.4, 0.5) is 5.69 Å². The first-order valence-electron chi connectivity index (χ1n) is 9.95. The molecule has 6 N–H and O–H groups in total. The van der Waals surface area contributed by atoms with Gasteiger partial charge in [0.15, 0.2) is 0 Å². The van der Waals surface area contributed by atoms with E-state index in [2.05, 4.69) is 22.5 Å². The SMILES string of the molecule is CCSC[C@H](NC(=O)c1ccc(C#Cc2ccc(NC(=O)[C@H](C)N)cc2)cc1)C(=O)NO. The van der Waals surface area contributed by atoms with Crippen LogP contribution in [0.1, 0.15) is 35.3 Å². The summed E-state index contributed by atoms with van der Waals surface area (Å²) in [6, 6.07) is 12.3. The summed E-state index contributed by atoms with van der Waals surface area (Å²) in [5.41, 5.74) is 9.59. The van der Waals surface area contributed by atoms with Crippen molar-refractivity contribution in [2.24, 2.45) is 5.73 Å². The monoisotopic (exact) mass is 454 g/mol. The zero-order valence-corrected chi connectivity index (χ0v) is 18.7. The molecule has 8 nitrogen and oxygen atoms in total. The molecule has 2 aromatic rings. The number of hydroxylamine groups is 1. The molecule has 0 saturated heterocycles. The lowest BCUT2D eigenvalue weighted by atomic mass is 10.1. The van der Waals surface area contributed by atoms with Crippen molar-refractivity contribution >= 4 is 35.2 Å². The van der Waals surface area contributed by atoms with E-state index in [1.807, 2.05) is 6.92 Å². The van der Waals surface area contributed by atoms with E-state index >= 15 is 0 Å². The molecule has 0 radical (unpaired) electrons. The van der Waals surface area contributed by atoms with Gasteiger partial charge in [-0.3, -0.25) is 19.6 Å². The molecule has 0 saturated carbocycles. The molecule has 0 bridgehead atoms. The second kappa shape index (κ2) is 12.5. The van der Waals surface area contributed by atoms with Crippen LogP contribution in [0.25, 0.3) is 0 Å². The van der Waals surface area contributed by atoms with Crippen molar-refractivity contribution in [2.45, 2.75) is 25.9 Å². The fraction of sp³-hybridized carbons (Fsp3) is 0.261. The molecule has 0 heterocycles. The highest BCUT2D eigenvalue weighted by atomic mass is 32.2. The molecule has 0 fully saturated rings. The van der Waals surface area contributed by atoms with Crippen molar-refractivity contribution < 1.29 is 19.6 Å². The third-order valence-electron chi connectivity index (χ3n) is 4.28. The van der Waals surface area contributed by atoms with Crippen LogP contribution in [0.2, 0.25) is 0 Å². The largest absolute Gasteiger partial charge is 0.339 e. The Morgan fingerprint density at radius 3 is 2.06 bits per heavy atom. The van der Waals surface area contributed by atoms with E-state index in [1.54, 1.807) is 60.9 Å². The molecular formula is C23H26N4O4S. The minimum Gasteiger partial charge on any atom is -0.339 e. The first-order valence-corrected chi connectivity index (χ1v) is 11.1. The highest BCUT2D eigenvalue weighted by molar-refractivity contribution is 7.99. The van der Waals surface area contributed by atoms with E-state index in [0.29, 0.717) is 22.6 Å². The zero-order chi connectivity index (χ0) is 23.5. The van der Waals surface area contributed by atoms with E-state index in [-0.39, 0.29) is 5.91 Å². The molecule has 0 unspecified atom stereocenters. The first-order chi connectivity index (χ1) is 15.3. The molecule has 0 aliphatic carbocycles. The number of carbonyl (C=O) groups excluding carboxylic acids is 3. The number of hydrogen-bond acceptors (Lipinski definition) is 6. The first kappa shape index (κ1) is 24.9. The molecule has 0 aliphatic rings. The Kier molecular flexibility index (Phi) is 9.76. The van der Waals surface area contributed by atoms with E-state index < -0.39 is 23.9 Å². The van der Waals surface area contributed by atoms with Crippen LogP contribution < -0.4 is 21.8 Å². The van der Waals surface area contributed by atoms with E-state index in [1.165, 1.54) is 11.8 Å². The van der Waals surface area contributed by atoms with E-state index in [9.17, 15) is 14.4 Å². The number of nitrogens with one attached hydrogen (secondary N) is 3. The van der Waals surface area contributed by atoms with Crippen LogP contribution in [-0.4, -0.2) is 46.5 Å². The van der Waals surface area contributed by atoms with Crippen LogP contribution in [0.5, 0.6) is 0 Å². The Bertz CT molecular complexity index is 995. The predicted octanol–water partition coefficient (Wildman–Crippen LogP) is 1.73. The van der Waals surface area contributed by atoms with Gasteiger partial charge in [0.05, 0.1) is 6.04 Å². The number of anilines is 1. The summed E-state index contributed by atoms with van der Waals surface area (Å²) in [5.74, 6) is 5.82. The number of benzene rings is 2. The Morgan fingerprint density at radius 2 is 1.56 bits per heavy atom. The van der Waals surface area contributed by atoms with Crippen LogP contribution in [0.15, 0.2) is 48.5 Å². The number of amides is 3. The van der Waals surface area contributed by atoms with Crippen LogP contribution >= 0.6 is 11.8 Å². The molecule has 0 aliphatic heterocycles. The van der Waals surface area contributed by atoms with Gasteiger partial charge in [0.25, 0.3) is 11.8 Å². The second-order valence-electron chi connectivity index (χ2n) is 6.84. The van der Waals surface area contributed by atoms with Gasteiger partial charge in [-0.2, -0.15) is 11.8 Å². The van der Waals surface area contributed by atoms with Gasteiger partial charge in [-0.1, -0.05) is 18.8 Å². The van der Waals surface area contributed by atoms with Gasteiger partial charge in [0, 0.05) is 28.1 Å². The number of carbonyl (C=O) groups is 3. The van der Waals surface area contributed by atoms with Gasteiger partial charge in [-0.25, -0.2) is 5.48 Å². The Morgan fingerprint density at radius 1 is 1.00 bits per heavy atom. The van der Waals surface area contributed by atoms with Crippen LogP contribution in [0, 0.1) is 11.8 Å². The fourth-order valence-electron chi connectivity index (χ4n) is 2.48. The molecule has 2 atom stereocenters. The van der Waals surface area contributed by atoms with Crippen molar-refractivity contribution in [3.63, 3.8) is 0 Å². The summed E-state index contributed by atoms with van der Waals surface area (Å²) in [7, 11) is 0. The van der Waals surface area contributed by atoms with Crippen molar-refractivity contribution in [2.75, 3.05) is 16.8 Å². The lowest BCUT2D eigenvalue weighted by Gasteiger charge is -2.16. The molecule has 2 rings (SSSR count). The summed E-state index contributed by atoms with van der Waals surface area (Å²) < 4.78 is 0. The summed E-state index contributed by atoms with van der Waals surface area (Å²) in [4.78, 5) is 35.8. The average molecular weight is 455 g/mol. The van der Waals surface area contributed by atoms with Gasteiger partial charge in [-0.15, -0.1) is 0 Å². The third kappa shape index (κ3) is 7.74. The maximum atomic E-state index is 12.4. The van der Waals surface area contributed by atoms with Gasteiger partial charge >= 0.3 is 0 Å². The fourth-order valence-corrected chi connectivity index (χ4v) is 3.19. The van der Waals surface area contributed by atoms with Gasteiger partial charge < -0.3 is 16.4 Å². The molecule has 0 spiro atoms. The molecular weight excluding hydrogens is 428 g/mol. The summed E-state index contributed by atoms with van der Waals surface area (Å²) in [5, 5.41) is 14.2. The molecule has 3 amide bonds. The Labute approximate surface area is 191 Å². The van der Waals surface area contributed by atoms with Crippen molar-refractivity contribution in [3.8, 4) is 11.8 Å². The molecule has 168 valence electrons. The second-order valence-corrected chi connectivity index (χ2v) is 8.16. The normalized spacial score (nSPS) is 12.0. The lowest BCUT2D eigenvalue weighted by molar-refractivity contribution is -0.130. The number of nitrogens with two attached hydrogens (primary N) is 1. The average Bonchev–Trinajstić information content (AvgIpc) is 2.80. The minimum absolute atomic E-state index is 0.264. The van der Waals surface area contributed by atoms with Gasteiger partial charge in [0.1, 0.15) is 6.04 Å². The number of rotatable bonds is 8. The summed E-state index contributed by atoms with van der Waals surface area (Å²) in [6.07, 6.45) is 0. The maximum Gasteiger partial charge on any atom is 0.266 e. The highest BCUT2D eigenvalue weighted by Crippen LogP contribution is 2.10. The smallest absolute Gasteiger partial charge is 0.266 e. The number of thioether (sulfide) groups is 1. The van der Waals surface area contributed by atoms with E-state index in [0.717, 1.165) is 11.3 Å². The standard InChI is InChI=1S/C23H26N4O4S/c1-3-32-14-20(23(30)27-31)26-22(29)18-10-6-16(7-11-18)4-5-17-8-12-19(13-9-17)25-21(28)15(2)24/h6-13,15,20,31H,3,14,24H2,1-2H3,(H,25,28)(H,26,29)(H,27,30)/t15-,20-/m0/s1. The van der Waals surface area contributed by atoms with Gasteiger partial charge in [-0.05, 0) is 61.2 Å². The highest BCUT2D eigenvalue weighted by Gasteiger charge is 2.20. The van der Waals surface area contributed by atoms with Crippen molar-refractivity contribution in [1.29, 1.82) is 0 Å². The summed E-state index contributed by atoms with van der Waals surface area (Å²) >= 11 is 1.48. The topological polar surface area (TPSA) is 134 Å². The summed E-state index contributed by atoms with van der Waals surface area (Å²) in [6.45, 7) is 3.55. The third-order valence-corrected chi connectivity index (χ3v) is 5.26. The van der Waals surface area contributed by atoms with Crippen molar-refractivity contribution in [1.82, 2.24) is 10.8 Å². The Balaban J connectivity index is 2.01. The van der Waals surface area contributed by atoms with Crippen LogP contribution in [0.3, 0.4) is 0 Å². The van der Waals surface area contributed by atoms with Gasteiger partial charge in [0.2, 0.25) is 5.91 Å². The molecule has 0 aromatic heterocycles. The van der Waals surface area contributed by atoms with Crippen LogP contribution in [-0.2, 0) is 9.59 Å². The zero-order valence-electron chi connectivity index (χ0n) is 17.8. The lowest BCUT2D eigenvalue weighted by Crippen LogP contribution is -2.47. The minimum atomic E-state index is -0.835. The quantitative estimate of drug-likeness (QED) is 0.234. The molecule has 32 heavy (non-hydrogen) atoms. The number of hydrogen-bond donors (Lipinski definition) is 5. The predicted molar refractivity (Wildman–Crippen MR) is 125 cm³/mol. The van der Waals surface area contributed by atoms with Crippen molar-refractivity contribution in [3.05, 3.63) is 65.2 Å². The molecule has 2 aromatic carbocycles. The molecule has 9 heteroatoms. The Hall–Kier alpha value is -3.32. The van der Waals surface area contributed by atoms with E-state index in [4.69, 9.17) is 10.9 Å².